The summed E-state index contributed by atoms with van der Waals surface area (Å²) in [6.07, 6.45) is 2.16. The highest BCUT2D eigenvalue weighted by Gasteiger charge is 2.30. The maximum atomic E-state index is 12.0. The van der Waals surface area contributed by atoms with Crippen molar-refractivity contribution in [2.24, 2.45) is 0 Å². The highest BCUT2D eigenvalue weighted by Crippen LogP contribution is 2.27. The van der Waals surface area contributed by atoms with Gasteiger partial charge >= 0.3 is 5.97 Å². The number of nitrogens with zero attached hydrogens (tertiary/aromatic N) is 1. The van der Waals surface area contributed by atoms with E-state index in [-0.39, 0.29) is 18.9 Å². The third-order valence-corrected chi connectivity index (χ3v) is 3.86. The SMILES string of the molecule is O=C(O)CCN(CC(=O)Nc1ccccc1Br)C1CC1. The number of para-hydroxylation sites is 1. The second kappa shape index (κ2) is 6.85. The van der Waals surface area contributed by atoms with Crippen LogP contribution in [0.15, 0.2) is 28.7 Å². The number of carboxylic acid groups (broad SMARTS) is 1. The topological polar surface area (TPSA) is 69.6 Å². The molecule has 5 nitrogen and oxygen atoms in total. The van der Waals surface area contributed by atoms with Crippen molar-refractivity contribution in [2.75, 3.05) is 18.4 Å². The Morgan fingerprint density at radius 1 is 1.35 bits per heavy atom. The standard InChI is InChI=1S/C14H17BrN2O3/c15-11-3-1-2-4-12(11)16-13(18)9-17(10-5-6-10)8-7-14(19)20/h1-4,10H,5-9H2,(H,16,18)(H,19,20). The van der Waals surface area contributed by atoms with E-state index in [0.29, 0.717) is 12.6 Å². The van der Waals surface area contributed by atoms with Crippen molar-refractivity contribution < 1.29 is 14.7 Å². The molecule has 0 atom stereocenters. The molecule has 0 radical (unpaired) electrons. The molecule has 1 aromatic rings. The third kappa shape index (κ3) is 4.61. The summed E-state index contributed by atoms with van der Waals surface area (Å²) in [4.78, 5) is 24.6. The van der Waals surface area contributed by atoms with Crippen molar-refractivity contribution >= 4 is 33.5 Å². The number of carbonyl (C=O) groups is 2. The average molecular weight is 341 g/mol. The first kappa shape index (κ1) is 15.0. The fourth-order valence-corrected chi connectivity index (χ4v) is 2.39. The highest BCUT2D eigenvalue weighted by molar-refractivity contribution is 9.10. The molecule has 1 amide bonds. The number of halogens is 1. The minimum Gasteiger partial charge on any atom is -0.481 e. The lowest BCUT2D eigenvalue weighted by Crippen LogP contribution is -2.36. The van der Waals surface area contributed by atoms with Gasteiger partial charge in [-0.05, 0) is 40.9 Å². The van der Waals surface area contributed by atoms with Crippen molar-refractivity contribution in [3.63, 3.8) is 0 Å². The minimum atomic E-state index is -0.832. The molecule has 2 rings (SSSR count). The molecule has 0 aromatic heterocycles. The fraction of sp³-hybridized carbons (Fsp3) is 0.429. The van der Waals surface area contributed by atoms with Crippen LogP contribution in [0.25, 0.3) is 0 Å². The molecule has 0 saturated heterocycles. The molecule has 1 fully saturated rings. The minimum absolute atomic E-state index is 0.0683. The van der Waals surface area contributed by atoms with Gasteiger partial charge in [0.1, 0.15) is 0 Å². The van der Waals surface area contributed by atoms with E-state index in [1.807, 2.05) is 29.2 Å². The summed E-state index contributed by atoms with van der Waals surface area (Å²) in [5.74, 6) is -0.948. The number of benzene rings is 1. The predicted molar refractivity (Wildman–Crippen MR) is 79.6 cm³/mol. The zero-order valence-corrected chi connectivity index (χ0v) is 12.6. The van der Waals surface area contributed by atoms with Crippen molar-refractivity contribution in [3.8, 4) is 0 Å². The zero-order valence-electron chi connectivity index (χ0n) is 11.0. The number of carbonyl (C=O) groups excluding carboxylic acids is 1. The molecule has 0 heterocycles. The number of hydrogen-bond donors (Lipinski definition) is 2. The Bertz CT molecular complexity index is 503. The number of anilines is 1. The van der Waals surface area contributed by atoms with Gasteiger partial charge in [-0.15, -0.1) is 0 Å². The average Bonchev–Trinajstić information content (AvgIpc) is 3.21. The summed E-state index contributed by atoms with van der Waals surface area (Å²) in [7, 11) is 0. The van der Waals surface area contributed by atoms with E-state index in [4.69, 9.17) is 5.11 Å². The molecule has 1 aromatic carbocycles. The number of aliphatic carboxylic acids is 1. The molecule has 1 saturated carbocycles. The van der Waals surface area contributed by atoms with Gasteiger partial charge in [0.2, 0.25) is 5.91 Å². The Balaban J connectivity index is 1.88. The molecule has 1 aliphatic rings. The Kier molecular flexibility index (Phi) is 5.14. The fourth-order valence-electron chi connectivity index (χ4n) is 2.01. The summed E-state index contributed by atoms with van der Waals surface area (Å²) >= 11 is 3.38. The number of hydrogen-bond acceptors (Lipinski definition) is 3. The number of rotatable bonds is 7. The third-order valence-electron chi connectivity index (χ3n) is 3.17. The molecular weight excluding hydrogens is 324 g/mol. The number of amides is 1. The second-order valence-electron chi connectivity index (χ2n) is 4.87. The Labute approximate surface area is 126 Å². The van der Waals surface area contributed by atoms with Gasteiger partial charge < -0.3 is 10.4 Å². The summed E-state index contributed by atoms with van der Waals surface area (Å²) in [5.41, 5.74) is 0.728. The predicted octanol–water partition coefficient (Wildman–Crippen LogP) is 2.33. The maximum absolute atomic E-state index is 12.0. The van der Waals surface area contributed by atoms with Crippen LogP contribution in [0.4, 0.5) is 5.69 Å². The van der Waals surface area contributed by atoms with Crippen LogP contribution in [-0.4, -0.2) is 41.0 Å². The van der Waals surface area contributed by atoms with Gasteiger partial charge in [0.15, 0.2) is 0 Å². The van der Waals surface area contributed by atoms with E-state index in [9.17, 15) is 9.59 Å². The van der Waals surface area contributed by atoms with Crippen molar-refractivity contribution in [2.45, 2.75) is 25.3 Å². The lowest BCUT2D eigenvalue weighted by molar-refractivity contribution is -0.137. The van der Waals surface area contributed by atoms with E-state index in [2.05, 4.69) is 21.2 Å². The van der Waals surface area contributed by atoms with Crippen LogP contribution in [-0.2, 0) is 9.59 Å². The van der Waals surface area contributed by atoms with Crippen LogP contribution in [0.3, 0.4) is 0 Å². The largest absolute Gasteiger partial charge is 0.481 e. The number of carboxylic acids is 1. The van der Waals surface area contributed by atoms with Crippen LogP contribution in [0.2, 0.25) is 0 Å². The zero-order chi connectivity index (χ0) is 14.5. The van der Waals surface area contributed by atoms with Crippen molar-refractivity contribution in [3.05, 3.63) is 28.7 Å². The van der Waals surface area contributed by atoms with Crippen LogP contribution in [0, 0.1) is 0 Å². The molecule has 6 heteroatoms. The summed E-state index contributed by atoms with van der Waals surface area (Å²) in [5, 5.41) is 11.6. The first-order valence-corrected chi connectivity index (χ1v) is 7.36. The van der Waals surface area contributed by atoms with Crippen LogP contribution >= 0.6 is 15.9 Å². The Morgan fingerprint density at radius 3 is 2.65 bits per heavy atom. The molecule has 0 spiro atoms. The Hall–Kier alpha value is -1.40. The summed E-state index contributed by atoms with van der Waals surface area (Å²) in [6, 6.07) is 7.77. The highest BCUT2D eigenvalue weighted by atomic mass is 79.9. The van der Waals surface area contributed by atoms with Gasteiger partial charge in [-0.3, -0.25) is 14.5 Å². The molecular formula is C14H17BrN2O3. The van der Waals surface area contributed by atoms with E-state index in [1.54, 1.807) is 0 Å². The van der Waals surface area contributed by atoms with Gasteiger partial charge in [0.25, 0.3) is 0 Å². The molecule has 1 aliphatic carbocycles. The molecule has 108 valence electrons. The molecule has 0 bridgehead atoms. The van der Waals surface area contributed by atoms with Gasteiger partial charge in [0, 0.05) is 17.1 Å². The van der Waals surface area contributed by atoms with E-state index >= 15 is 0 Å². The van der Waals surface area contributed by atoms with Gasteiger partial charge in [-0.2, -0.15) is 0 Å². The van der Waals surface area contributed by atoms with Crippen molar-refractivity contribution in [1.29, 1.82) is 0 Å². The summed E-state index contributed by atoms with van der Waals surface area (Å²) in [6.45, 7) is 0.655. The summed E-state index contributed by atoms with van der Waals surface area (Å²) < 4.78 is 0.830. The van der Waals surface area contributed by atoms with Crippen molar-refractivity contribution in [1.82, 2.24) is 4.90 Å². The van der Waals surface area contributed by atoms with Gasteiger partial charge in [-0.1, -0.05) is 12.1 Å². The van der Waals surface area contributed by atoms with E-state index in [0.717, 1.165) is 23.0 Å². The quantitative estimate of drug-likeness (QED) is 0.799. The molecule has 20 heavy (non-hydrogen) atoms. The Morgan fingerprint density at radius 2 is 2.05 bits per heavy atom. The molecule has 0 aliphatic heterocycles. The van der Waals surface area contributed by atoms with Crippen LogP contribution in [0.1, 0.15) is 19.3 Å². The first-order chi connectivity index (χ1) is 9.56. The molecule has 0 unspecified atom stereocenters. The smallest absolute Gasteiger partial charge is 0.304 e. The van der Waals surface area contributed by atoms with E-state index < -0.39 is 5.97 Å². The maximum Gasteiger partial charge on any atom is 0.304 e. The lowest BCUT2D eigenvalue weighted by atomic mass is 10.3. The lowest BCUT2D eigenvalue weighted by Gasteiger charge is -2.20. The number of nitrogens with one attached hydrogen (secondary N) is 1. The van der Waals surface area contributed by atoms with Crippen LogP contribution in [0.5, 0.6) is 0 Å². The van der Waals surface area contributed by atoms with Gasteiger partial charge in [-0.25, -0.2) is 0 Å². The first-order valence-electron chi connectivity index (χ1n) is 6.56. The molecule has 2 N–H and O–H groups in total. The normalized spacial score (nSPS) is 14.3. The second-order valence-corrected chi connectivity index (χ2v) is 5.73. The van der Waals surface area contributed by atoms with Crippen LogP contribution < -0.4 is 5.32 Å². The van der Waals surface area contributed by atoms with E-state index in [1.165, 1.54) is 0 Å². The monoisotopic (exact) mass is 340 g/mol. The van der Waals surface area contributed by atoms with Gasteiger partial charge in [0.05, 0.1) is 18.7 Å².